The largest absolute Gasteiger partial charge is 0.276 e. The summed E-state index contributed by atoms with van der Waals surface area (Å²) in [5, 5.41) is 11.4. The smallest absolute Gasteiger partial charge is 0.129 e. The van der Waals surface area contributed by atoms with Gasteiger partial charge in [0.05, 0.1) is 23.9 Å². The first-order chi connectivity index (χ1) is 10.8. The highest BCUT2D eigenvalue weighted by Gasteiger charge is 2.10. The second-order valence-electron chi connectivity index (χ2n) is 4.65. The van der Waals surface area contributed by atoms with Crippen molar-refractivity contribution in [3.63, 3.8) is 0 Å². The van der Waals surface area contributed by atoms with Gasteiger partial charge in [-0.05, 0) is 35.9 Å². The van der Waals surface area contributed by atoms with Crippen molar-refractivity contribution in [2.75, 3.05) is 5.01 Å². The molecule has 0 unspecified atom stereocenters. The van der Waals surface area contributed by atoms with Crippen molar-refractivity contribution in [1.29, 1.82) is 5.26 Å². The Morgan fingerprint density at radius 3 is 2.59 bits per heavy atom. The first-order valence-corrected chi connectivity index (χ1v) is 7.00. The Hall–Kier alpha value is -2.84. The lowest BCUT2D eigenvalue weighted by Gasteiger charge is -2.25. The van der Waals surface area contributed by atoms with Crippen LogP contribution in [0.3, 0.4) is 0 Å². The molecule has 2 aromatic heterocycles. The minimum Gasteiger partial charge on any atom is -0.276 e. The summed E-state index contributed by atoms with van der Waals surface area (Å²) in [6.45, 7) is 0.604. The maximum Gasteiger partial charge on any atom is 0.129 e. The molecular formula is C16H12ClN5. The topological polar surface area (TPSA) is 57.7 Å². The normalized spacial score (nSPS) is 10.2. The van der Waals surface area contributed by atoms with Gasteiger partial charge in [0.25, 0.3) is 0 Å². The molecule has 1 aromatic carbocycles. The number of rotatable bonds is 4. The van der Waals surface area contributed by atoms with Gasteiger partial charge in [-0.25, -0.2) is 14.6 Å². The minimum atomic E-state index is 0.469. The van der Waals surface area contributed by atoms with Crippen molar-refractivity contribution < 1.29 is 0 Å². The Morgan fingerprint density at radius 2 is 2.00 bits per heavy atom. The van der Waals surface area contributed by atoms with Crippen molar-refractivity contribution in [1.82, 2.24) is 14.6 Å². The predicted molar refractivity (Wildman–Crippen MR) is 84.2 cm³/mol. The SMILES string of the molecule is N#Cc1ccc(N(Cc2ccc(Cl)nc2)n2ccnc2)cc1. The van der Waals surface area contributed by atoms with Crippen LogP contribution in [0.2, 0.25) is 5.15 Å². The maximum absolute atomic E-state index is 8.91. The molecular weight excluding hydrogens is 298 g/mol. The van der Waals surface area contributed by atoms with E-state index in [1.807, 2.05) is 34.1 Å². The number of anilines is 1. The van der Waals surface area contributed by atoms with E-state index in [1.165, 1.54) is 0 Å². The molecule has 0 fully saturated rings. The number of aromatic nitrogens is 3. The third-order valence-corrected chi connectivity index (χ3v) is 3.41. The van der Waals surface area contributed by atoms with Crippen molar-refractivity contribution in [3.05, 3.63) is 77.6 Å². The number of hydrogen-bond donors (Lipinski definition) is 0. The molecule has 108 valence electrons. The van der Waals surface area contributed by atoms with E-state index < -0.39 is 0 Å². The quantitative estimate of drug-likeness (QED) is 0.694. The van der Waals surface area contributed by atoms with Crippen LogP contribution in [0.25, 0.3) is 0 Å². The van der Waals surface area contributed by atoms with Gasteiger partial charge in [0.2, 0.25) is 0 Å². The average Bonchev–Trinajstić information content (AvgIpc) is 3.09. The lowest BCUT2D eigenvalue weighted by atomic mass is 10.2. The second kappa shape index (κ2) is 6.29. The number of hydrogen-bond acceptors (Lipinski definition) is 4. The van der Waals surface area contributed by atoms with Crippen LogP contribution < -0.4 is 5.01 Å². The summed E-state index contributed by atoms with van der Waals surface area (Å²) < 4.78 is 1.88. The molecule has 0 aliphatic rings. The van der Waals surface area contributed by atoms with E-state index in [2.05, 4.69) is 16.0 Å². The fourth-order valence-corrected chi connectivity index (χ4v) is 2.19. The lowest BCUT2D eigenvalue weighted by Crippen LogP contribution is -2.27. The van der Waals surface area contributed by atoms with E-state index in [4.69, 9.17) is 16.9 Å². The van der Waals surface area contributed by atoms with Gasteiger partial charge in [-0.2, -0.15) is 5.26 Å². The van der Waals surface area contributed by atoms with Gasteiger partial charge in [0.1, 0.15) is 11.5 Å². The van der Waals surface area contributed by atoms with Gasteiger partial charge in [-0.15, -0.1) is 0 Å². The van der Waals surface area contributed by atoms with E-state index >= 15 is 0 Å². The number of imidazole rings is 1. The molecule has 3 rings (SSSR count). The van der Waals surface area contributed by atoms with Crippen LogP contribution >= 0.6 is 11.6 Å². The van der Waals surface area contributed by atoms with Crippen molar-refractivity contribution in [3.8, 4) is 6.07 Å². The summed E-state index contributed by atoms with van der Waals surface area (Å²) in [6, 6.07) is 13.2. The molecule has 0 atom stereocenters. The van der Waals surface area contributed by atoms with Crippen molar-refractivity contribution in [2.24, 2.45) is 0 Å². The van der Waals surface area contributed by atoms with Gasteiger partial charge in [0, 0.05) is 18.6 Å². The summed E-state index contributed by atoms with van der Waals surface area (Å²) in [4.78, 5) is 8.20. The molecule has 0 radical (unpaired) electrons. The van der Waals surface area contributed by atoms with Crippen LogP contribution in [0.4, 0.5) is 5.69 Å². The zero-order chi connectivity index (χ0) is 15.4. The molecule has 0 aliphatic carbocycles. The Kier molecular flexibility index (Phi) is 4.03. The highest BCUT2D eigenvalue weighted by molar-refractivity contribution is 6.29. The minimum absolute atomic E-state index is 0.469. The molecule has 0 spiro atoms. The molecule has 5 nitrogen and oxygen atoms in total. The predicted octanol–water partition coefficient (Wildman–Crippen LogP) is 3.27. The van der Waals surface area contributed by atoms with Crippen LogP contribution in [-0.4, -0.2) is 14.6 Å². The van der Waals surface area contributed by atoms with Gasteiger partial charge >= 0.3 is 0 Å². The summed E-state index contributed by atoms with van der Waals surface area (Å²) in [6.07, 6.45) is 7.05. The second-order valence-corrected chi connectivity index (χ2v) is 5.04. The number of nitrogens with zero attached hydrogens (tertiary/aromatic N) is 5. The monoisotopic (exact) mass is 309 g/mol. The molecule has 6 heteroatoms. The van der Waals surface area contributed by atoms with Crippen LogP contribution in [0, 0.1) is 11.3 Å². The van der Waals surface area contributed by atoms with Crippen LogP contribution in [-0.2, 0) is 6.54 Å². The summed E-state index contributed by atoms with van der Waals surface area (Å²) in [5.41, 5.74) is 2.59. The Labute approximate surface area is 133 Å². The Balaban J connectivity index is 1.93. The van der Waals surface area contributed by atoms with Gasteiger partial charge in [0.15, 0.2) is 0 Å². The van der Waals surface area contributed by atoms with Gasteiger partial charge < -0.3 is 0 Å². The van der Waals surface area contributed by atoms with Gasteiger partial charge in [-0.3, -0.25) is 5.01 Å². The summed E-state index contributed by atoms with van der Waals surface area (Å²) >= 11 is 5.83. The number of pyridine rings is 1. The average molecular weight is 310 g/mol. The first-order valence-electron chi connectivity index (χ1n) is 6.62. The van der Waals surface area contributed by atoms with E-state index in [1.54, 1.807) is 36.9 Å². The van der Waals surface area contributed by atoms with Crippen molar-refractivity contribution >= 4 is 17.3 Å². The van der Waals surface area contributed by atoms with Gasteiger partial charge in [-0.1, -0.05) is 17.7 Å². The Morgan fingerprint density at radius 1 is 1.18 bits per heavy atom. The van der Waals surface area contributed by atoms with Crippen molar-refractivity contribution in [2.45, 2.75) is 6.54 Å². The molecule has 0 saturated carbocycles. The zero-order valence-electron chi connectivity index (χ0n) is 11.6. The van der Waals surface area contributed by atoms with E-state index in [-0.39, 0.29) is 0 Å². The molecule has 3 aromatic rings. The third-order valence-electron chi connectivity index (χ3n) is 3.18. The molecule has 0 amide bonds. The fourth-order valence-electron chi connectivity index (χ4n) is 2.08. The zero-order valence-corrected chi connectivity index (χ0v) is 12.4. The molecule has 2 heterocycles. The molecule has 22 heavy (non-hydrogen) atoms. The summed E-state index contributed by atoms with van der Waals surface area (Å²) in [5.74, 6) is 0. The van der Waals surface area contributed by atoms with Crippen LogP contribution in [0.1, 0.15) is 11.1 Å². The molecule has 0 saturated heterocycles. The molecule has 0 bridgehead atoms. The number of halogens is 1. The van der Waals surface area contributed by atoms with E-state index in [0.29, 0.717) is 17.3 Å². The highest BCUT2D eigenvalue weighted by atomic mass is 35.5. The summed E-state index contributed by atoms with van der Waals surface area (Å²) in [7, 11) is 0. The number of benzene rings is 1. The van der Waals surface area contributed by atoms with Crippen LogP contribution in [0.5, 0.6) is 0 Å². The van der Waals surface area contributed by atoms with Crippen LogP contribution in [0.15, 0.2) is 61.3 Å². The van der Waals surface area contributed by atoms with E-state index in [0.717, 1.165) is 11.3 Å². The van der Waals surface area contributed by atoms with E-state index in [9.17, 15) is 0 Å². The standard InChI is InChI=1S/C16H12ClN5/c17-16-6-3-14(10-20-16)11-22(21-8-7-19-12-21)15-4-1-13(9-18)2-5-15/h1-8,10,12H,11H2. The fraction of sp³-hybridized carbons (Fsp3) is 0.0625. The first kappa shape index (κ1) is 14.1. The Bertz CT molecular complexity index is 773. The lowest BCUT2D eigenvalue weighted by molar-refractivity contribution is 0.686. The number of nitriles is 1. The molecule has 0 aliphatic heterocycles. The molecule has 0 N–H and O–H groups in total. The maximum atomic E-state index is 8.91. The third kappa shape index (κ3) is 3.08. The highest BCUT2D eigenvalue weighted by Crippen LogP contribution is 2.19.